The molecular weight excluding hydrogens is 736 g/mol. The molecule has 0 amide bonds. The Morgan fingerprint density at radius 2 is 1.53 bits per heavy atom. The molecule has 0 aliphatic rings. The van der Waals surface area contributed by atoms with Crippen LogP contribution in [-0.4, -0.2) is 19.3 Å². The van der Waals surface area contributed by atoms with Crippen molar-refractivity contribution >= 4 is 21.8 Å². The van der Waals surface area contributed by atoms with Gasteiger partial charge in [-0.25, -0.2) is 4.98 Å². The molecule has 0 aliphatic carbocycles. The van der Waals surface area contributed by atoms with E-state index in [1.165, 1.54) is 33.4 Å². The second kappa shape index (κ2) is 12.1. The minimum absolute atomic E-state index is 0. The van der Waals surface area contributed by atoms with Crippen LogP contribution in [-0.2, 0) is 21.1 Å². The number of hydrogen-bond donors (Lipinski definition) is 0. The van der Waals surface area contributed by atoms with E-state index in [1.807, 2.05) is 41.3 Å². The SMILES string of the molecule is Cc1cc(C)c(C)c(-c2cnn(-c3[c-]c(Oc4[c-]c5c(cc4)c4ccccc4n5-c4cc(C(C)C)ccn4)ccc3)c2)c1C.[Pt+2]. The summed E-state index contributed by atoms with van der Waals surface area (Å²) in [5.41, 5.74) is 11.5. The van der Waals surface area contributed by atoms with Gasteiger partial charge in [0.2, 0.25) is 0 Å². The van der Waals surface area contributed by atoms with E-state index in [0.29, 0.717) is 17.4 Å². The van der Waals surface area contributed by atoms with Crippen LogP contribution in [0, 0.1) is 39.8 Å². The topological polar surface area (TPSA) is 44.9 Å². The van der Waals surface area contributed by atoms with Crippen molar-refractivity contribution in [3.63, 3.8) is 0 Å². The molecule has 0 spiro atoms. The summed E-state index contributed by atoms with van der Waals surface area (Å²) in [5, 5.41) is 6.95. The fraction of sp³-hybridized carbons (Fsp3) is 0.179. The van der Waals surface area contributed by atoms with Crippen molar-refractivity contribution < 1.29 is 25.8 Å². The van der Waals surface area contributed by atoms with Crippen molar-refractivity contribution in [2.45, 2.75) is 47.5 Å². The van der Waals surface area contributed by atoms with Crippen molar-refractivity contribution in [2.24, 2.45) is 0 Å². The molecule has 7 rings (SSSR count). The van der Waals surface area contributed by atoms with E-state index in [-0.39, 0.29) is 21.1 Å². The number of aryl methyl sites for hydroxylation is 2. The van der Waals surface area contributed by atoms with E-state index < -0.39 is 0 Å². The van der Waals surface area contributed by atoms with E-state index in [4.69, 9.17) is 14.8 Å². The summed E-state index contributed by atoms with van der Waals surface area (Å²) in [7, 11) is 0. The average molecular weight is 770 g/mol. The molecule has 226 valence electrons. The fourth-order valence-electron chi connectivity index (χ4n) is 6.07. The predicted molar refractivity (Wildman–Crippen MR) is 178 cm³/mol. The van der Waals surface area contributed by atoms with Gasteiger partial charge >= 0.3 is 21.1 Å². The normalized spacial score (nSPS) is 11.4. The average Bonchev–Trinajstić information content (AvgIpc) is 3.63. The summed E-state index contributed by atoms with van der Waals surface area (Å²) in [5.74, 6) is 2.47. The fourth-order valence-corrected chi connectivity index (χ4v) is 6.07. The first-order valence-corrected chi connectivity index (χ1v) is 15.0. The second-order valence-corrected chi connectivity index (χ2v) is 11.9. The van der Waals surface area contributed by atoms with Gasteiger partial charge in [-0.05, 0) is 96.3 Å². The van der Waals surface area contributed by atoms with Gasteiger partial charge in [0.25, 0.3) is 0 Å². The quantitative estimate of drug-likeness (QED) is 0.158. The van der Waals surface area contributed by atoms with Gasteiger partial charge in [0.1, 0.15) is 5.82 Å². The number of hydrogen-bond acceptors (Lipinski definition) is 3. The third kappa shape index (κ3) is 5.51. The Labute approximate surface area is 278 Å². The van der Waals surface area contributed by atoms with Gasteiger partial charge in [-0.15, -0.1) is 35.7 Å². The number of nitrogens with zero attached hydrogens (tertiary/aromatic N) is 4. The van der Waals surface area contributed by atoms with Gasteiger partial charge in [0, 0.05) is 35.0 Å². The Kier molecular flexibility index (Phi) is 8.24. The molecule has 3 aromatic heterocycles. The Hall–Kier alpha value is -4.47. The Balaban J connectivity index is 0.00000357. The zero-order chi connectivity index (χ0) is 30.5. The summed E-state index contributed by atoms with van der Waals surface area (Å²) in [6, 6.07) is 31.8. The van der Waals surface area contributed by atoms with E-state index in [0.717, 1.165) is 38.9 Å². The smallest absolute Gasteiger partial charge is 0.509 e. The van der Waals surface area contributed by atoms with Crippen molar-refractivity contribution in [2.75, 3.05) is 0 Å². The van der Waals surface area contributed by atoms with E-state index in [1.54, 1.807) is 0 Å². The van der Waals surface area contributed by atoms with Crippen LogP contribution in [0.1, 0.15) is 47.6 Å². The first-order valence-electron chi connectivity index (χ1n) is 15.0. The monoisotopic (exact) mass is 769 g/mol. The molecule has 0 unspecified atom stereocenters. The van der Waals surface area contributed by atoms with Crippen molar-refractivity contribution in [1.29, 1.82) is 0 Å². The molecule has 0 fully saturated rings. The van der Waals surface area contributed by atoms with Gasteiger partial charge in [-0.2, -0.15) is 17.2 Å². The number of ether oxygens (including phenoxy) is 1. The van der Waals surface area contributed by atoms with E-state index in [9.17, 15) is 0 Å². The molecule has 0 N–H and O–H groups in total. The van der Waals surface area contributed by atoms with Crippen LogP contribution < -0.4 is 4.74 Å². The molecule has 0 radical (unpaired) electrons. The van der Waals surface area contributed by atoms with Gasteiger partial charge < -0.3 is 9.30 Å². The van der Waals surface area contributed by atoms with Crippen LogP contribution in [0.15, 0.2) is 91.4 Å². The number of aromatic nitrogens is 4. The van der Waals surface area contributed by atoms with E-state index >= 15 is 0 Å². The van der Waals surface area contributed by atoms with Crippen LogP contribution in [0.25, 0.3) is 44.4 Å². The molecule has 5 nitrogen and oxygen atoms in total. The summed E-state index contributed by atoms with van der Waals surface area (Å²) in [6.07, 6.45) is 5.88. The van der Waals surface area contributed by atoms with E-state index in [2.05, 4.69) is 113 Å². The molecular formula is C39H34N4OPt. The molecule has 0 bridgehead atoms. The van der Waals surface area contributed by atoms with Crippen LogP contribution in [0.2, 0.25) is 0 Å². The van der Waals surface area contributed by atoms with Crippen LogP contribution in [0.4, 0.5) is 0 Å². The third-order valence-corrected chi connectivity index (χ3v) is 8.68. The maximum atomic E-state index is 6.37. The Morgan fingerprint density at radius 3 is 2.31 bits per heavy atom. The number of para-hydroxylation sites is 1. The number of benzene rings is 4. The Bertz CT molecular complexity index is 2160. The number of pyridine rings is 1. The van der Waals surface area contributed by atoms with Gasteiger partial charge in [-0.1, -0.05) is 43.6 Å². The zero-order valence-corrected chi connectivity index (χ0v) is 28.5. The molecule has 7 aromatic rings. The predicted octanol–water partition coefficient (Wildman–Crippen LogP) is 9.78. The van der Waals surface area contributed by atoms with Gasteiger partial charge in [0.15, 0.2) is 0 Å². The third-order valence-electron chi connectivity index (χ3n) is 8.68. The zero-order valence-electron chi connectivity index (χ0n) is 26.3. The second-order valence-electron chi connectivity index (χ2n) is 11.9. The standard InChI is InChI=1S/C39H34N4O.Pt/c1-24(2)29-16-17-40-38(19-29)43-36-13-8-7-12-34(36)35-15-14-33(21-37(35)43)44-32-11-9-10-31(20-32)42-23-30(22-41-42)39-27(5)25(3)18-26(4)28(39)6;/h7-19,22-24H,1-6H3;/q-2;+2. The molecule has 45 heavy (non-hydrogen) atoms. The minimum Gasteiger partial charge on any atom is -0.509 e. The first kappa shape index (κ1) is 30.6. The molecule has 4 aromatic carbocycles. The first-order chi connectivity index (χ1) is 21.3. The van der Waals surface area contributed by atoms with Crippen LogP contribution >= 0.6 is 0 Å². The summed E-state index contributed by atoms with van der Waals surface area (Å²) < 4.78 is 10.4. The Morgan fingerprint density at radius 1 is 0.778 bits per heavy atom. The number of fused-ring (bicyclic) bond motifs is 3. The van der Waals surface area contributed by atoms with Crippen LogP contribution in [0.5, 0.6) is 11.5 Å². The molecule has 0 atom stereocenters. The molecule has 6 heteroatoms. The largest absolute Gasteiger partial charge is 2.00 e. The van der Waals surface area contributed by atoms with Crippen molar-refractivity contribution in [1.82, 2.24) is 19.3 Å². The van der Waals surface area contributed by atoms with Gasteiger partial charge in [-0.3, -0.25) is 4.68 Å². The summed E-state index contributed by atoms with van der Waals surface area (Å²) in [4.78, 5) is 4.75. The maximum absolute atomic E-state index is 6.37. The molecule has 0 saturated heterocycles. The van der Waals surface area contributed by atoms with Crippen molar-refractivity contribution in [3.8, 4) is 34.1 Å². The molecule has 3 heterocycles. The maximum Gasteiger partial charge on any atom is 2.00 e. The summed E-state index contributed by atoms with van der Waals surface area (Å²) >= 11 is 0. The number of rotatable bonds is 6. The van der Waals surface area contributed by atoms with Crippen LogP contribution in [0.3, 0.4) is 0 Å². The molecule has 0 saturated carbocycles. The van der Waals surface area contributed by atoms with Crippen molar-refractivity contribution in [3.05, 3.63) is 131 Å². The minimum atomic E-state index is 0. The summed E-state index contributed by atoms with van der Waals surface area (Å²) in [6.45, 7) is 13.1. The van der Waals surface area contributed by atoms with Gasteiger partial charge in [0.05, 0.1) is 6.20 Å². The molecule has 0 aliphatic heterocycles.